The first kappa shape index (κ1) is 10.6. The molecule has 5 nitrogen and oxygen atoms in total. The molecule has 0 saturated heterocycles. The lowest BCUT2D eigenvalue weighted by Gasteiger charge is -2.05. The number of nitrogens with two attached hydrogens (primary N) is 1. The first-order valence-corrected chi connectivity index (χ1v) is 5.48. The SMILES string of the molecule is COCCCC(N)c1n[nH]c(C2CC2)n1. The Labute approximate surface area is 89.4 Å². The maximum Gasteiger partial charge on any atom is 0.167 e. The summed E-state index contributed by atoms with van der Waals surface area (Å²) < 4.78 is 4.98. The highest BCUT2D eigenvalue weighted by molar-refractivity contribution is 5.06. The summed E-state index contributed by atoms with van der Waals surface area (Å²) in [5.74, 6) is 2.36. The number of methoxy groups -OCH3 is 1. The van der Waals surface area contributed by atoms with Crippen molar-refractivity contribution in [3.05, 3.63) is 11.6 Å². The van der Waals surface area contributed by atoms with Gasteiger partial charge in [0.1, 0.15) is 5.82 Å². The van der Waals surface area contributed by atoms with Gasteiger partial charge in [-0.05, 0) is 25.7 Å². The fourth-order valence-corrected chi connectivity index (χ4v) is 1.57. The maximum absolute atomic E-state index is 5.97. The molecule has 1 aliphatic rings. The lowest BCUT2D eigenvalue weighted by molar-refractivity contribution is 0.190. The van der Waals surface area contributed by atoms with Crippen LogP contribution in [0.25, 0.3) is 0 Å². The summed E-state index contributed by atoms with van der Waals surface area (Å²) in [4.78, 5) is 4.42. The van der Waals surface area contributed by atoms with Crippen molar-refractivity contribution in [1.29, 1.82) is 0 Å². The van der Waals surface area contributed by atoms with Crippen LogP contribution in [0.5, 0.6) is 0 Å². The molecule has 84 valence electrons. The summed E-state index contributed by atoms with van der Waals surface area (Å²) >= 11 is 0. The Morgan fingerprint density at radius 1 is 1.60 bits per heavy atom. The number of hydrogen-bond donors (Lipinski definition) is 2. The zero-order chi connectivity index (χ0) is 10.7. The van der Waals surface area contributed by atoms with E-state index < -0.39 is 0 Å². The van der Waals surface area contributed by atoms with Crippen molar-refractivity contribution in [1.82, 2.24) is 15.2 Å². The molecule has 0 amide bonds. The lowest BCUT2D eigenvalue weighted by Crippen LogP contribution is -2.13. The fourth-order valence-electron chi connectivity index (χ4n) is 1.57. The molecule has 1 aliphatic carbocycles. The molecule has 15 heavy (non-hydrogen) atoms. The zero-order valence-corrected chi connectivity index (χ0v) is 9.07. The van der Waals surface area contributed by atoms with Gasteiger partial charge in [-0.3, -0.25) is 5.10 Å². The smallest absolute Gasteiger partial charge is 0.167 e. The van der Waals surface area contributed by atoms with Crippen LogP contribution in [0.1, 0.15) is 49.3 Å². The molecule has 1 aromatic rings. The maximum atomic E-state index is 5.97. The Morgan fingerprint density at radius 2 is 2.40 bits per heavy atom. The molecule has 1 unspecified atom stereocenters. The van der Waals surface area contributed by atoms with E-state index in [9.17, 15) is 0 Å². The minimum atomic E-state index is -0.0658. The summed E-state index contributed by atoms with van der Waals surface area (Å²) in [6.07, 6.45) is 4.28. The molecule has 0 radical (unpaired) electrons. The molecule has 1 aromatic heterocycles. The van der Waals surface area contributed by atoms with Gasteiger partial charge in [-0.15, -0.1) is 0 Å². The average Bonchev–Trinajstić information content (AvgIpc) is 2.97. The molecule has 0 aliphatic heterocycles. The molecule has 1 fully saturated rings. The number of aromatic amines is 1. The highest BCUT2D eigenvalue weighted by Crippen LogP contribution is 2.38. The van der Waals surface area contributed by atoms with Gasteiger partial charge in [0.2, 0.25) is 0 Å². The number of nitrogens with zero attached hydrogens (tertiary/aromatic N) is 2. The highest BCUT2D eigenvalue weighted by Gasteiger charge is 2.27. The van der Waals surface area contributed by atoms with Gasteiger partial charge in [0.15, 0.2) is 5.82 Å². The van der Waals surface area contributed by atoms with Gasteiger partial charge in [0.25, 0.3) is 0 Å². The summed E-state index contributed by atoms with van der Waals surface area (Å²) in [7, 11) is 1.70. The summed E-state index contributed by atoms with van der Waals surface area (Å²) in [6, 6.07) is -0.0658. The van der Waals surface area contributed by atoms with E-state index in [1.165, 1.54) is 12.8 Å². The summed E-state index contributed by atoms with van der Waals surface area (Å²) in [6.45, 7) is 0.744. The van der Waals surface area contributed by atoms with Crippen LogP contribution in [-0.4, -0.2) is 28.9 Å². The van der Waals surface area contributed by atoms with Crippen molar-refractivity contribution in [2.75, 3.05) is 13.7 Å². The van der Waals surface area contributed by atoms with Crippen molar-refractivity contribution in [2.24, 2.45) is 5.73 Å². The first-order valence-electron chi connectivity index (χ1n) is 5.48. The van der Waals surface area contributed by atoms with Gasteiger partial charge in [0.05, 0.1) is 6.04 Å². The lowest BCUT2D eigenvalue weighted by atomic mass is 10.1. The second-order valence-electron chi connectivity index (χ2n) is 4.09. The van der Waals surface area contributed by atoms with Crippen LogP contribution in [0.15, 0.2) is 0 Å². The zero-order valence-electron chi connectivity index (χ0n) is 9.07. The van der Waals surface area contributed by atoms with Gasteiger partial charge < -0.3 is 10.5 Å². The fraction of sp³-hybridized carbons (Fsp3) is 0.800. The van der Waals surface area contributed by atoms with Crippen LogP contribution in [0.4, 0.5) is 0 Å². The van der Waals surface area contributed by atoms with Crippen molar-refractivity contribution in [3.8, 4) is 0 Å². The van der Waals surface area contributed by atoms with Gasteiger partial charge >= 0.3 is 0 Å². The van der Waals surface area contributed by atoms with E-state index in [4.69, 9.17) is 10.5 Å². The molecule has 1 heterocycles. The number of rotatable bonds is 6. The topological polar surface area (TPSA) is 76.8 Å². The molecular weight excluding hydrogens is 192 g/mol. The Kier molecular flexibility index (Phi) is 3.33. The largest absolute Gasteiger partial charge is 0.385 e. The van der Waals surface area contributed by atoms with E-state index in [0.29, 0.717) is 5.92 Å². The van der Waals surface area contributed by atoms with E-state index in [0.717, 1.165) is 31.1 Å². The average molecular weight is 210 g/mol. The van der Waals surface area contributed by atoms with Crippen LogP contribution in [0.2, 0.25) is 0 Å². The third-order valence-electron chi connectivity index (χ3n) is 2.68. The normalized spacial score (nSPS) is 18.0. The van der Waals surface area contributed by atoms with E-state index in [2.05, 4.69) is 15.2 Å². The number of ether oxygens (including phenoxy) is 1. The number of H-pyrrole nitrogens is 1. The van der Waals surface area contributed by atoms with Gasteiger partial charge in [0, 0.05) is 19.6 Å². The van der Waals surface area contributed by atoms with Gasteiger partial charge in [-0.25, -0.2) is 4.98 Å². The van der Waals surface area contributed by atoms with Crippen LogP contribution in [0.3, 0.4) is 0 Å². The Bertz CT molecular complexity index is 308. The molecule has 5 heteroatoms. The second-order valence-corrected chi connectivity index (χ2v) is 4.09. The van der Waals surface area contributed by atoms with Crippen molar-refractivity contribution in [2.45, 2.75) is 37.6 Å². The molecule has 1 saturated carbocycles. The number of nitrogens with one attached hydrogen (secondary N) is 1. The molecule has 0 spiro atoms. The molecular formula is C10H18N4O. The minimum absolute atomic E-state index is 0.0658. The predicted octanol–water partition coefficient (Wildman–Crippen LogP) is 1.11. The summed E-state index contributed by atoms with van der Waals surface area (Å²) in [5.41, 5.74) is 5.97. The molecule has 1 atom stereocenters. The Hall–Kier alpha value is -0.940. The van der Waals surface area contributed by atoms with E-state index in [1.807, 2.05) is 0 Å². The van der Waals surface area contributed by atoms with Crippen molar-refractivity contribution in [3.63, 3.8) is 0 Å². The van der Waals surface area contributed by atoms with Gasteiger partial charge in [-0.2, -0.15) is 5.10 Å². The molecule has 0 bridgehead atoms. The molecule has 2 rings (SSSR count). The predicted molar refractivity (Wildman–Crippen MR) is 56.4 cm³/mol. The van der Waals surface area contributed by atoms with E-state index in [1.54, 1.807) is 7.11 Å². The van der Waals surface area contributed by atoms with E-state index >= 15 is 0 Å². The van der Waals surface area contributed by atoms with Crippen LogP contribution in [0, 0.1) is 0 Å². The van der Waals surface area contributed by atoms with Crippen molar-refractivity contribution < 1.29 is 4.74 Å². The number of aromatic nitrogens is 3. The molecule has 0 aromatic carbocycles. The van der Waals surface area contributed by atoms with E-state index in [-0.39, 0.29) is 6.04 Å². The third kappa shape index (κ3) is 2.76. The van der Waals surface area contributed by atoms with Crippen LogP contribution in [-0.2, 0) is 4.74 Å². The Balaban J connectivity index is 1.84. The minimum Gasteiger partial charge on any atom is -0.385 e. The number of hydrogen-bond acceptors (Lipinski definition) is 4. The standard InChI is InChI=1S/C10H18N4O/c1-15-6-2-3-8(11)10-12-9(13-14-10)7-4-5-7/h7-8H,2-6,11H2,1H3,(H,12,13,14). The van der Waals surface area contributed by atoms with Crippen molar-refractivity contribution >= 4 is 0 Å². The monoisotopic (exact) mass is 210 g/mol. The van der Waals surface area contributed by atoms with Crippen LogP contribution >= 0.6 is 0 Å². The third-order valence-corrected chi connectivity index (χ3v) is 2.68. The van der Waals surface area contributed by atoms with Crippen LogP contribution < -0.4 is 5.73 Å². The second kappa shape index (κ2) is 4.72. The first-order chi connectivity index (χ1) is 7.31. The Morgan fingerprint density at radius 3 is 3.07 bits per heavy atom. The summed E-state index contributed by atoms with van der Waals surface area (Å²) in [5, 5.41) is 7.12. The quantitative estimate of drug-likeness (QED) is 0.689. The van der Waals surface area contributed by atoms with Gasteiger partial charge in [-0.1, -0.05) is 0 Å². The molecule has 3 N–H and O–H groups in total. The highest BCUT2D eigenvalue weighted by atomic mass is 16.5.